The normalized spacial score (nSPS) is 10.8. The second kappa shape index (κ2) is 7.21. The Morgan fingerprint density at radius 3 is 2.68 bits per heavy atom. The minimum Gasteiger partial charge on any atom is -0.489 e. The lowest BCUT2D eigenvalue weighted by molar-refractivity contribution is 0.306. The zero-order chi connectivity index (χ0) is 17.1. The third-order valence-electron chi connectivity index (χ3n) is 3.53. The zero-order valence-electron chi connectivity index (χ0n) is 13.1. The molecule has 0 aliphatic heterocycles. The van der Waals surface area contributed by atoms with Gasteiger partial charge in [0.2, 0.25) is 5.89 Å². The van der Waals surface area contributed by atoms with Gasteiger partial charge in [0.1, 0.15) is 12.4 Å². The van der Waals surface area contributed by atoms with Gasteiger partial charge in [0.15, 0.2) is 0 Å². The Hall–Kier alpha value is -2.44. The highest BCUT2D eigenvalue weighted by Crippen LogP contribution is 2.27. The van der Waals surface area contributed by atoms with Crippen LogP contribution in [-0.2, 0) is 6.61 Å². The minimum atomic E-state index is 0.468. The molecule has 4 nitrogen and oxygen atoms in total. The Morgan fingerprint density at radius 1 is 0.960 bits per heavy atom. The third kappa shape index (κ3) is 3.81. The van der Waals surface area contributed by atoms with Gasteiger partial charge in [0.25, 0.3) is 5.89 Å². The molecule has 0 radical (unpaired) electrons. The van der Waals surface area contributed by atoms with E-state index in [0.717, 1.165) is 26.2 Å². The largest absolute Gasteiger partial charge is 0.489 e. The van der Waals surface area contributed by atoms with E-state index < -0.39 is 0 Å². The standard InChI is InChI=1S/C19H13BrN2O2S/c20-15-6-2-7-16(11-15)23-12-13-4-1-5-14(10-13)18-21-22-19(24-18)17-8-3-9-25-17/h1-11H,12H2. The molecule has 124 valence electrons. The van der Waals surface area contributed by atoms with Gasteiger partial charge in [-0.15, -0.1) is 21.5 Å². The molecule has 6 heteroatoms. The first-order valence-corrected chi connectivity index (χ1v) is 9.30. The smallest absolute Gasteiger partial charge is 0.258 e. The fourth-order valence-corrected chi connectivity index (χ4v) is 3.38. The van der Waals surface area contributed by atoms with Crippen molar-refractivity contribution in [3.8, 4) is 28.0 Å². The molecule has 0 aliphatic carbocycles. The Morgan fingerprint density at radius 2 is 1.84 bits per heavy atom. The lowest BCUT2D eigenvalue weighted by Crippen LogP contribution is -1.95. The Labute approximate surface area is 157 Å². The van der Waals surface area contributed by atoms with Crippen molar-refractivity contribution < 1.29 is 9.15 Å². The van der Waals surface area contributed by atoms with Crippen LogP contribution in [0.2, 0.25) is 0 Å². The van der Waals surface area contributed by atoms with Crippen LogP contribution in [0.1, 0.15) is 5.56 Å². The number of aromatic nitrogens is 2. The van der Waals surface area contributed by atoms with E-state index >= 15 is 0 Å². The SMILES string of the molecule is Brc1cccc(OCc2cccc(-c3nnc(-c4cccs4)o3)c2)c1. The van der Waals surface area contributed by atoms with E-state index in [4.69, 9.17) is 9.15 Å². The van der Waals surface area contributed by atoms with Crippen molar-refractivity contribution in [3.63, 3.8) is 0 Å². The molecule has 0 saturated heterocycles. The van der Waals surface area contributed by atoms with Crippen molar-refractivity contribution in [1.82, 2.24) is 10.2 Å². The molecule has 2 heterocycles. The molecule has 25 heavy (non-hydrogen) atoms. The first-order valence-electron chi connectivity index (χ1n) is 7.63. The summed E-state index contributed by atoms with van der Waals surface area (Å²) < 4.78 is 12.6. The number of rotatable bonds is 5. The predicted molar refractivity (Wildman–Crippen MR) is 102 cm³/mol. The second-order valence-corrected chi connectivity index (χ2v) is 7.20. The van der Waals surface area contributed by atoms with Gasteiger partial charge in [-0.2, -0.15) is 0 Å². The summed E-state index contributed by atoms with van der Waals surface area (Å²) in [7, 11) is 0. The van der Waals surface area contributed by atoms with Crippen LogP contribution in [0.15, 0.2) is 74.9 Å². The molecule has 2 aromatic heterocycles. The number of hydrogen-bond acceptors (Lipinski definition) is 5. The molecule has 4 aromatic rings. The number of hydrogen-bond donors (Lipinski definition) is 0. The first-order chi connectivity index (χ1) is 12.3. The third-order valence-corrected chi connectivity index (χ3v) is 4.88. The van der Waals surface area contributed by atoms with Gasteiger partial charge in [0, 0.05) is 10.0 Å². The number of benzene rings is 2. The van der Waals surface area contributed by atoms with E-state index in [-0.39, 0.29) is 0 Å². The maximum atomic E-state index is 5.83. The van der Waals surface area contributed by atoms with Gasteiger partial charge in [0.05, 0.1) is 4.88 Å². The van der Waals surface area contributed by atoms with Gasteiger partial charge in [-0.25, -0.2) is 0 Å². The molecule has 0 fully saturated rings. The molecule has 0 unspecified atom stereocenters. The van der Waals surface area contributed by atoms with Crippen molar-refractivity contribution in [1.29, 1.82) is 0 Å². The molecular formula is C19H13BrN2O2S. The molecule has 4 rings (SSSR count). The van der Waals surface area contributed by atoms with Crippen LogP contribution >= 0.6 is 27.3 Å². The van der Waals surface area contributed by atoms with Crippen LogP contribution in [0.5, 0.6) is 5.75 Å². The Bertz CT molecular complexity index is 983. The van der Waals surface area contributed by atoms with Crippen molar-refractivity contribution in [2.75, 3.05) is 0 Å². The minimum absolute atomic E-state index is 0.468. The molecule has 2 aromatic carbocycles. The molecule has 0 amide bonds. The molecule has 0 bridgehead atoms. The van der Waals surface area contributed by atoms with Crippen LogP contribution in [0.25, 0.3) is 22.2 Å². The Kier molecular flexibility index (Phi) is 4.63. The predicted octanol–water partition coefficient (Wildman–Crippen LogP) is 5.81. The summed E-state index contributed by atoms with van der Waals surface area (Å²) in [5.41, 5.74) is 1.92. The van der Waals surface area contributed by atoms with Gasteiger partial charge >= 0.3 is 0 Å². The van der Waals surface area contributed by atoms with Crippen molar-refractivity contribution in [2.45, 2.75) is 6.61 Å². The highest BCUT2D eigenvalue weighted by Gasteiger charge is 2.11. The van der Waals surface area contributed by atoms with Crippen LogP contribution in [0, 0.1) is 0 Å². The average molecular weight is 413 g/mol. The monoisotopic (exact) mass is 412 g/mol. The lowest BCUT2D eigenvalue weighted by atomic mass is 10.1. The van der Waals surface area contributed by atoms with Crippen molar-refractivity contribution >= 4 is 27.3 Å². The fourth-order valence-electron chi connectivity index (χ4n) is 2.36. The Balaban J connectivity index is 1.51. The summed E-state index contributed by atoms with van der Waals surface area (Å²) in [6.45, 7) is 0.468. The summed E-state index contributed by atoms with van der Waals surface area (Å²) in [4.78, 5) is 0.966. The van der Waals surface area contributed by atoms with Gasteiger partial charge in [-0.1, -0.05) is 40.2 Å². The number of ether oxygens (including phenoxy) is 1. The van der Waals surface area contributed by atoms with Crippen LogP contribution in [0.3, 0.4) is 0 Å². The summed E-state index contributed by atoms with van der Waals surface area (Å²) in [6, 6.07) is 19.6. The summed E-state index contributed by atoms with van der Waals surface area (Å²) in [6.07, 6.45) is 0. The van der Waals surface area contributed by atoms with Crippen LogP contribution in [-0.4, -0.2) is 10.2 Å². The first kappa shape index (κ1) is 16.1. The van der Waals surface area contributed by atoms with E-state index in [2.05, 4.69) is 26.1 Å². The number of nitrogens with zero attached hydrogens (tertiary/aromatic N) is 2. The summed E-state index contributed by atoms with van der Waals surface area (Å²) >= 11 is 5.02. The molecule has 0 N–H and O–H groups in total. The van der Waals surface area contributed by atoms with E-state index in [1.807, 2.05) is 66.0 Å². The van der Waals surface area contributed by atoms with Crippen molar-refractivity contribution in [2.24, 2.45) is 0 Å². The molecule has 0 aliphatic rings. The maximum Gasteiger partial charge on any atom is 0.258 e. The van der Waals surface area contributed by atoms with E-state index in [1.54, 1.807) is 11.3 Å². The fraction of sp³-hybridized carbons (Fsp3) is 0.0526. The highest BCUT2D eigenvalue weighted by atomic mass is 79.9. The zero-order valence-corrected chi connectivity index (χ0v) is 15.5. The van der Waals surface area contributed by atoms with E-state index in [1.165, 1.54) is 0 Å². The van der Waals surface area contributed by atoms with E-state index in [0.29, 0.717) is 18.4 Å². The quantitative estimate of drug-likeness (QED) is 0.415. The van der Waals surface area contributed by atoms with Gasteiger partial charge in [-0.05, 0) is 47.3 Å². The summed E-state index contributed by atoms with van der Waals surface area (Å²) in [5, 5.41) is 10.3. The van der Waals surface area contributed by atoms with Gasteiger partial charge < -0.3 is 9.15 Å². The number of halogens is 1. The highest BCUT2D eigenvalue weighted by molar-refractivity contribution is 9.10. The lowest BCUT2D eigenvalue weighted by Gasteiger charge is -2.07. The topological polar surface area (TPSA) is 48.2 Å². The number of thiophene rings is 1. The molecular weight excluding hydrogens is 400 g/mol. The summed E-state index contributed by atoms with van der Waals surface area (Å²) in [5.74, 6) is 1.87. The van der Waals surface area contributed by atoms with Crippen LogP contribution in [0.4, 0.5) is 0 Å². The molecule has 0 atom stereocenters. The van der Waals surface area contributed by atoms with Crippen molar-refractivity contribution in [3.05, 3.63) is 76.1 Å². The van der Waals surface area contributed by atoms with Crippen LogP contribution < -0.4 is 4.74 Å². The molecule has 0 saturated carbocycles. The second-order valence-electron chi connectivity index (χ2n) is 5.34. The van der Waals surface area contributed by atoms with Gasteiger partial charge in [-0.3, -0.25) is 0 Å². The molecule has 0 spiro atoms. The average Bonchev–Trinajstić information content (AvgIpc) is 3.31. The van der Waals surface area contributed by atoms with E-state index in [9.17, 15) is 0 Å². The maximum absolute atomic E-state index is 5.83.